The van der Waals surface area contributed by atoms with Crippen LogP contribution in [0.15, 0.2) is 53.4 Å². The second-order valence-corrected chi connectivity index (χ2v) is 5.64. The predicted molar refractivity (Wildman–Crippen MR) is 88.6 cm³/mol. The Hall–Kier alpha value is -2.21. The molecular formula is C17H18FNO3S. The largest absolute Gasteiger partial charge is 0.493 e. The molecule has 2 aromatic rings. The number of amides is 1. The van der Waals surface area contributed by atoms with Gasteiger partial charge in [-0.15, -0.1) is 11.8 Å². The van der Waals surface area contributed by atoms with Gasteiger partial charge in [-0.1, -0.05) is 12.1 Å². The molecule has 0 heterocycles. The fraction of sp³-hybridized carbons (Fsp3) is 0.235. The fourth-order valence-electron chi connectivity index (χ4n) is 1.82. The van der Waals surface area contributed by atoms with Gasteiger partial charge >= 0.3 is 0 Å². The van der Waals surface area contributed by atoms with E-state index in [9.17, 15) is 9.18 Å². The molecule has 1 amide bonds. The molecule has 23 heavy (non-hydrogen) atoms. The Balaban J connectivity index is 1.66. The Morgan fingerprint density at radius 2 is 1.83 bits per heavy atom. The second kappa shape index (κ2) is 9.05. The summed E-state index contributed by atoms with van der Waals surface area (Å²) in [5.74, 6) is 1.20. The summed E-state index contributed by atoms with van der Waals surface area (Å²) in [5, 5.41) is 2.77. The smallest absolute Gasteiger partial charge is 0.230 e. The lowest BCUT2D eigenvalue weighted by molar-refractivity contribution is -0.118. The SMILES string of the molecule is COc1ccccc1OCCNC(=O)CSc1ccc(F)cc1. The molecule has 0 aliphatic rings. The lowest BCUT2D eigenvalue weighted by Crippen LogP contribution is -2.29. The molecule has 0 fully saturated rings. The van der Waals surface area contributed by atoms with Crippen LogP contribution in [0, 0.1) is 5.82 Å². The summed E-state index contributed by atoms with van der Waals surface area (Å²) in [6.45, 7) is 0.758. The maximum Gasteiger partial charge on any atom is 0.230 e. The minimum atomic E-state index is -0.285. The summed E-state index contributed by atoms with van der Waals surface area (Å²) in [5.41, 5.74) is 0. The number of carbonyl (C=O) groups excluding carboxylic acids is 1. The number of hydrogen-bond acceptors (Lipinski definition) is 4. The summed E-state index contributed by atoms with van der Waals surface area (Å²) >= 11 is 1.36. The minimum absolute atomic E-state index is 0.0945. The normalized spacial score (nSPS) is 10.2. The van der Waals surface area contributed by atoms with Crippen LogP contribution in [-0.2, 0) is 4.79 Å². The van der Waals surface area contributed by atoms with Gasteiger partial charge in [0.2, 0.25) is 5.91 Å². The Labute approximate surface area is 139 Å². The van der Waals surface area contributed by atoms with Crippen LogP contribution >= 0.6 is 11.8 Å². The summed E-state index contributed by atoms with van der Waals surface area (Å²) < 4.78 is 23.5. The van der Waals surface area contributed by atoms with Crippen molar-refractivity contribution in [3.8, 4) is 11.5 Å². The van der Waals surface area contributed by atoms with Crippen molar-refractivity contribution in [1.29, 1.82) is 0 Å². The van der Waals surface area contributed by atoms with E-state index in [-0.39, 0.29) is 17.5 Å². The molecule has 0 aliphatic carbocycles. The highest BCUT2D eigenvalue weighted by Gasteiger charge is 2.04. The van der Waals surface area contributed by atoms with E-state index in [1.807, 2.05) is 24.3 Å². The zero-order valence-electron chi connectivity index (χ0n) is 12.8. The van der Waals surface area contributed by atoms with Gasteiger partial charge < -0.3 is 14.8 Å². The first-order valence-corrected chi connectivity index (χ1v) is 8.08. The van der Waals surface area contributed by atoms with Crippen LogP contribution in [0.4, 0.5) is 4.39 Å². The van der Waals surface area contributed by atoms with Crippen LogP contribution in [0.2, 0.25) is 0 Å². The Morgan fingerprint density at radius 3 is 2.52 bits per heavy atom. The Morgan fingerprint density at radius 1 is 1.13 bits per heavy atom. The van der Waals surface area contributed by atoms with Gasteiger partial charge in [-0.2, -0.15) is 0 Å². The van der Waals surface area contributed by atoms with E-state index in [0.29, 0.717) is 24.7 Å². The standard InChI is InChI=1S/C17H18FNO3S/c1-21-15-4-2-3-5-16(15)22-11-10-19-17(20)12-23-14-8-6-13(18)7-9-14/h2-9H,10-12H2,1H3,(H,19,20). The van der Waals surface area contributed by atoms with Crippen molar-refractivity contribution < 1.29 is 18.7 Å². The van der Waals surface area contributed by atoms with Crippen LogP contribution in [0.5, 0.6) is 11.5 Å². The monoisotopic (exact) mass is 335 g/mol. The summed E-state index contributed by atoms with van der Waals surface area (Å²) in [7, 11) is 1.58. The van der Waals surface area contributed by atoms with Crippen molar-refractivity contribution in [3.05, 3.63) is 54.3 Å². The molecule has 6 heteroatoms. The second-order valence-electron chi connectivity index (χ2n) is 4.59. The van der Waals surface area contributed by atoms with Crippen molar-refractivity contribution in [2.24, 2.45) is 0 Å². The number of methoxy groups -OCH3 is 1. The number of thioether (sulfide) groups is 1. The first kappa shape index (κ1) is 17.1. The van der Waals surface area contributed by atoms with Crippen molar-refractivity contribution in [1.82, 2.24) is 5.32 Å². The predicted octanol–water partition coefficient (Wildman–Crippen LogP) is 3.12. The number of carbonyl (C=O) groups is 1. The molecule has 0 saturated carbocycles. The Bertz CT molecular complexity index is 634. The quantitative estimate of drug-likeness (QED) is 0.595. The number of ether oxygens (including phenoxy) is 2. The maximum atomic E-state index is 12.8. The van der Waals surface area contributed by atoms with Crippen LogP contribution in [0.25, 0.3) is 0 Å². The van der Waals surface area contributed by atoms with Crippen molar-refractivity contribution in [2.45, 2.75) is 4.90 Å². The lowest BCUT2D eigenvalue weighted by Gasteiger charge is -2.10. The lowest BCUT2D eigenvalue weighted by atomic mass is 10.3. The third-order valence-electron chi connectivity index (χ3n) is 2.93. The number of hydrogen-bond donors (Lipinski definition) is 1. The van der Waals surface area contributed by atoms with E-state index in [1.54, 1.807) is 19.2 Å². The highest BCUT2D eigenvalue weighted by molar-refractivity contribution is 8.00. The summed E-state index contributed by atoms with van der Waals surface area (Å²) in [4.78, 5) is 12.6. The molecule has 0 atom stereocenters. The molecule has 0 saturated heterocycles. The molecule has 0 aromatic heterocycles. The molecule has 4 nitrogen and oxygen atoms in total. The summed E-state index contributed by atoms with van der Waals surface area (Å²) in [6.07, 6.45) is 0. The molecule has 0 bridgehead atoms. The molecular weight excluding hydrogens is 317 g/mol. The van der Waals surface area contributed by atoms with Gasteiger partial charge in [0.05, 0.1) is 19.4 Å². The number of nitrogens with one attached hydrogen (secondary N) is 1. The molecule has 2 aromatic carbocycles. The minimum Gasteiger partial charge on any atom is -0.493 e. The zero-order chi connectivity index (χ0) is 16.5. The number of benzene rings is 2. The van der Waals surface area contributed by atoms with Gasteiger partial charge in [-0.05, 0) is 36.4 Å². The fourth-order valence-corrected chi connectivity index (χ4v) is 2.55. The van der Waals surface area contributed by atoms with Crippen LogP contribution in [-0.4, -0.2) is 31.9 Å². The van der Waals surface area contributed by atoms with E-state index in [0.717, 1.165) is 4.90 Å². The molecule has 122 valence electrons. The van der Waals surface area contributed by atoms with Gasteiger partial charge in [0, 0.05) is 4.90 Å². The third-order valence-corrected chi connectivity index (χ3v) is 3.95. The summed E-state index contributed by atoms with van der Waals surface area (Å²) in [6, 6.07) is 13.4. The maximum absolute atomic E-state index is 12.8. The van der Waals surface area contributed by atoms with Crippen molar-refractivity contribution in [2.75, 3.05) is 26.0 Å². The third kappa shape index (κ3) is 5.83. The number of rotatable bonds is 8. The van der Waals surface area contributed by atoms with Crippen molar-refractivity contribution >= 4 is 17.7 Å². The zero-order valence-corrected chi connectivity index (χ0v) is 13.6. The molecule has 0 spiro atoms. The topological polar surface area (TPSA) is 47.6 Å². The number of para-hydroxylation sites is 2. The Kier molecular flexibility index (Phi) is 6.75. The highest BCUT2D eigenvalue weighted by Crippen LogP contribution is 2.25. The van der Waals surface area contributed by atoms with Gasteiger partial charge in [0.25, 0.3) is 0 Å². The molecule has 0 radical (unpaired) electrons. The van der Waals surface area contributed by atoms with E-state index in [1.165, 1.54) is 23.9 Å². The molecule has 2 rings (SSSR count). The number of halogens is 1. The molecule has 0 unspecified atom stereocenters. The van der Waals surface area contributed by atoms with E-state index < -0.39 is 0 Å². The average molecular weight is 335 g/mol. The van der Waals surface area contributed by atoms with Gasteiger partial charge in [-0.3, -0.25) is 4.79 Å². The van der Waals surface area contributed by atoms with Gasteiger partial charge in [0.15, 0.2) is 11.5 Å². The van der Waals surface area contributed by atoms with Crippen LogP contribution < -0.4 is 14.8 Å². The van der Waals surface area contributed by atoms with Gasteiger partial charge in [0.1, 0.15) is 12.4 Å². The van der Waals surface area contributed by atoms with Crippen LogP contribution in [0.3, 0.4) is 0 Å². The van der Waals surface area contributed by atoms with Crippen LogP contribution in [0.1, 0.15) is 0 Å². The van der Waals surface area contributed by atoms with Gasteiger partial charge in [-0.25, -0.2) is 4.39 Å². The first-order valence-electron chi connectivity index (χ1n) is 7.10. The first-order chi connectivity index (χ1) is 11.2. The molecule has 0 aliphatic heterocycles. The highest BCUT2D eigenvalue weighted by atomic mass is 32.2. The van der Waals surface area contributed by atoms with E-state index in [4.69, 9.17) is 9.47 Å². The van der Waals surface area contributed by atoms with E-state index >= 15 is 0 Å². The average Bonchev–Trinajstić information content (AvgIpc) is 2.58. The van der Waals surface area contributed by atoms with E-state index in [2.05, 4.69) is 5.32 Å². The van der Waals surface area contributed by atoms with Crippen molar-refractivity contribution in [3.63, 3.8) is 0 Å². The molecule has 1 N–H and O–H groups in total.